The van der Waals surface area contributed by atoms with E-state index in [9.17, 15) is 4.79 Å². The van der Waals surface area contributed by atoms with Gasteiger partial charge in [-0.05, 0) is 12.8 Å². The number of unbranched alkanes of at least 4 members (excludes halogenated alkanes) is 4. The van der Waals surface area contributed by atoms with Crippen molar-refractivity contribution in [1.29, 1.82) is 0 Å². The molecule has 0 amide bonds. The van der Waals surface area contributed by atoms with E-state index in [1.165, 1.54) is 20.0 Å². The molecule has 0 saturated carbocycles. The van der Waals surface area contributed by atoms with Gasteiger partial charge in [-0.1, -0.05) is 19.3 Å². The zero-order chi connectivity index (χ0) is 9.23. The van der Waals surface area contributed by atoms with E-state index in [-0.39, 0.29) is 5.97 Å². The lowest BCUT2D eigenvalue weighted by Crippen LogP contribution is -1.99. The molecule has 0 aromatic carbocycles. The predicted molar refractivity (Wildman–Crippen MR) is 50.4 cm³/mol. The molecule has 0 aromatic rings. The molecule has 3 heteroatoms. The number of carbonyl (C=O) groups is 1. The lowest BCUT2D eigenvalue weighted by molar-refractivity contribution is -0.140. The maximum absolute atomic E-state index is 10.7. The van der Waals surface area contributed by atoms with Crippen LogP contribution < -0.4 is 0 Å². The van der Waals surface area contributed by atoms with Crippen molar-refractivity contribution in [2.75, 3.05) is 13.0 Å². The normalized spacial score (nSPS) is 9.83. The van der Waals surface area contributed by atoms with E-state index < -0.39 is 0 Å². The fraction of sp³-hybridized carbons (Fsp3) is 0.889. The van der Waals surface area contributed by atoms with Crippen molar-refractivity contribution in [2.24, 2.45) is 0 Å². The molecule has 0 rings (SSSR count). The molecule has 0 saturated heterocycles. The van der Waals surface area contributed by atoms with Crippen molar-refractivity contribution in [1.82, 2.24) is 0 Å². The number of rotatable bonds is 7. The molecule has 0 N–H and O–H groups in total. The molecule has 0 spiro atoms. The Morgan fingerprint density at radius 1 is 1.17 bits per heavy atom. The molecular weight excluding hydrogens is 176 g/mol. The second-order valence-corrected chi connectivity index (χ2v) is 3.16. The Labute approximate surface area is 79.2 Å². The number of methoxy groups -OCH3 is 1. The number of carbonyl (C=O) groups excluding carboxylic acids is 1. The highest BCUT2D eigenvalue weighted by Crippen LogP contribution is 2.06. The van der Waals surface area contributed by atoms with Crippen LogP contribution in [0.15, 0.2) is 0 Å². The molecule has 12 heavy (non-hydrogen) atoms. The highest BCUT2D eigenvalue weighted by Gasteiger charge is 1.98. The molecule has 0 aliphatic rings. The molecule has 0 radical (unpaired) electrons. The second-order valence-electron chi connectivity index (χ2n) is 2.78. The van der Waals surface area contributed by atoms with Crippen molar-refractivity contribution in [3.63, 3.8) is 0 Å². The summed E-state index contributed by atoms with van der Waals surface area (Å²) in [6.45, 7) is 0. The van der Waals surface area contributed by atoms with Crippen molar-refractivity contribution in [2.45, 2.75) is 38.5 Å². The summed E-state index contributed by atoms with van der Waals surface area (Å²) < 4.78 is 4.52. The third-order valence-corrected chi connectivity index (χ3v) is 2.01. The van der Waals surface area contributed by atoms with Crippen LogP contribution >= 0.6 is 11.6 Å². The quantitative estimate of drug-likeness (QED) is 0.352. The lowest BCUT2D eigenvalue weighted by Gasteiger charge is -1.99. The molecule has 0 fully saturated rings. The van der Waals surface area contributed by atoms with Crippen LogP contribution in [0.3, 0.4) is 0 Å². The molecule has 0 heterocycles. The number of hydrogen-bond acceptors (Lipinski definition) is 2. The topological polar surface area (TPSA) is 26.3 Å². The summed E-state index contributed by atoms with van der Waals surface area (Å²) in [7, 11) is 1.43. The van der Waals surface area contributed by atoms with Gasteiger partial charge in [-0.25, -0.2) is 0 Å². The van der Waals surface area contributed by atoms with Gasteiger partial charge in [0, 0.05) is 12.3 Å². The van der Waals surface area contributed by atoms with Gasteiger partial charge in [-0.15, -0.1) is 11.6 Å². The Morgan fingerprint density at radius 3 is 2.33 bits per heavy atom. The third-order valence-electron chi connectivity index (χ3n) is 1.74. The zero-order valence-corrected chi connectivity index (χ0v) is 8.40. The first-order chi connectivity index (χ1) is 5.81. The van der Waals surface area contributed by atoms with E-state index >= 15 is 0 Å². The van der Waals surface area contributed by atoms with Gasteiger partial charge in [0.15, 0.2) is 0 Å². The summed E-state index contributed by atoms with van der Waals surface area (Å²) >= 11 is 5.51. The van der Waals surface area contributed by atoms with E-state index in [0.717, 1.165) is 25.1 Å². The van der Waals surface area contributed by atoms with Gasteiger partial charge in [0.2, 0.25) is 0 Å². The fourth-order valence-electron chi connectivity index (χ4n) is 0.996. The van der Waals surface area contributed by atoms with Gasteiger partial charge in [-0.2, -0.15) is 0 Å². The van der Waals surface area contributed by atoms with Gasteiger partial charge in [0.25, 0.3) is 0 Å². The summed E-state index contributed by atoms with van der Waals surface area (Å²) in [6.07, 6.45) is 6.02. The van der Waals surface area contributed by atoms with Crippen LogP contribution in [0.25, 0.3) is 0 Å². The van der Waals surface area contributed by atoms with Crippen molar-refractivity contribution in [3.05, 3.63) is 0 Å². The first-order valence-electron chi connectivity index (χ1n) is 4.44. The minimum Gasteiger partial charge on any atom is -0.469 e. The number of alkyl halides is 1. The maximum atomic E-state index is 10.7. The van der Waals surface area contributed by atoms with Gasteiger partial charge in [0.1, 0.15) is 0 Å². The van der Waals surface area contributed by atoms with Crippen LogP contribution in [-0.2, 0) is 9.53 Å². The van der Waals surface area contributed by atoms with E-state index in [1.54, 1.807) is 0 Å². The Kier molecular flexibility index (Phi) is 8.68. The molecule has 0 atom stereocenters. The summed E-state index contributed by atoms with van der Waals surface area (Å²) in [5, 5.41) is 0. The summed E-state index contributed by atoms with van der Waals surface area (Å²) in [4.78, 5) is 10.7. The maximum Gasteiger partial charge on any atom is 0.305 e. The SMILES string of the molecule is COC(=O)CCCCCCCCl. The van der Waals surface area contributed by atoms with Crippen LogP contribution in [0.2, 0.25) is 0 Å². The zero-order valence-electron chi connectivity index (χ0n) is 7.64. The Morgan fingerprint density at radius 2 is 1.75 bits per heavy atom. The minimum atomic E-state index is -0.104. The molecule has 0 aliphatic carbocycles. The van der Waals surface area contributed by atoms with E-state index in [0.29, 0.717) is 6.42 Å². The van der Waals surface area contributed by atoms with Crippen LogP contribution in [0.4, 0.5) is 0 Å². The van der Waals surface area contributed by atoms with Crippen LogP contribution in [0.5, 0.6) is 0 Å². The van der Waals surface area contributed by atoms with Gasteiger partial charge < -0.3 is 4.74 Å². The number of ether oxygens (including phenoxy) is 1. The van der Waals surface area contributed by atoms with Crippen LogP contribution in [0.1, 0.15) is 38.5 Å². The fourth-order valence-corrected chi connectivity index (χ4v) is 1.19. The smallest absolute Gasteiger partial charge is 0.305 e. The first kappa shape index (κ1) is 11.8. The number of esters is 1. The van der Waals surface area contributed by atoms with E-state index in [4.69, 9.17) is 11.6 Å². The van der Waals surface area contributed by atoms with E-state index in [1.807, 2.05) is 0 Å². The Balaban J connectivity index is 2.95. The number of halogens is 1. The number of hydrogen-bond donors (Lipinski definition) is 0. The first-order valence-corrected chi connectivity index (χ1v) is 4.97. The van der Waals surface area contributed by atoms with Crippen molar-refractivity contribution < 1.29 is 9.53 Å². The lowest BCUT2D eigenvalue weighted by atomic mass is 10.1. The van der Waals surface area contributed by atoms with Gasteiger partial charge >= 0.3 is 5.97 Å². The molecule has 0 aromatic heterocycles. The molecule has 2 nitrogen and oxygen atoms in total. The Bertz CT molecular complexity index is 115. The summed E-state index contributed by atoms with van der Waals surface area (Å²) in [5.74, 6) is 0.643. The average Bonchev–Trinajstić information content (AvgIpc) is 2.10. The highest BCUT2D eigenvalue weighted by molar-refractivity contribution is 6.17. The van der Waals surface area contributed by atoms with E-state index in [2.05, 4.69) is 4.74 Å². The monoisotopic (exact) mass is 192 g/mol. The molecule has 0 aliphatic heterocycles. The standard InChI is InChI=1S/C9H17ClO2/c1-12-9(11)7-5-3-2-4-6-8-10/h2-8H2,1H3. The largest absolute Gasteiger partial charge is 0.469 e. The predicted octanol–water partition coefficient (Wildman–Crippen LogP) is 2.74. The summed E-state index contributed by atoms with van der Waals surface area (Å²) in [5.41, 5.74) is 0. The van der Waals surface area contributed by atoms with Gasteiger partial charge in [-0.3, -0.25) is 4.79 Å². The molecule has 72 valence electrons. The Hall–Kier alpha value is -0.240. The summed E-state index contributed by atoms with van der Waals surface area (Å²) in [6, 6.07) is 0. The highest BCUT2D eigenvalue weighted by atomic mass is 35.5. The van der Waals surface area contributed by atoms with Crippen molar-refractivity contribution in [3.8, 4) is 0 Å². The second kappa shape index (κ2) is 8.85. The van der Waals surface area contributed by atoms with Gasteiger partial charge in [0.05, 0.1) is 7.11 Å². The van der Waals surface area contributed by atoms with Crippen molar-refractivity contribution >= 4 is 17.6 Å². The molecule has 0 bridgehead atoms. The average molecular weight is 193 g/mol. The molecule has 0 unspecified atom stereocenters. The minimum absolute atomic E-state index is 0.104. The molecular formula is C9H17ClO2. The van der Waals surface area contributed by atoms with Crippen LogP contribution in [0, 0.1) is 0 Å². The van der Waals surface area contributed by atoms with Crippen LogP contribution in [-0.4, -0.2) is 19.0 Å². The third kappa shape index (κ3) is 7.86.